The summed E-state index contributed by atoms with van der Waals surface area (Å²) in [7, 11) is -2.96. The molecule has 0 unspecified atom stereocenters. The van der Waals surface area contributed by atoms with Gasteiger partial charge in [0, 0.05) is 30.9 Å². The zero-order valence-electron chi connectivity index (χ0n) is 21.1. The van der Waals surface area contributed by atoms with Crippen LogP contribution in [-0.2, 0) is 24.5 Å². The van der Waals surface area contributed by atoms with Gasteiger partial charge < -0.3 is 24.9 Å². The van der Waals surface area contributed by atoms with E-state index in [1.54, 1.807) is 24.3 Å². The molecule has 3 aromatic carbocycles. The summed E-state index contributed by atoms with van der Waals surface area (Å²) in [6.07, 6.45) is 1.27. The first-order valence-electron chi connectivity index (χ1n) is 11.3. The van der Waals surface area contributed by atoms with E-state index < -0.39 is 16.0 Å². The van der Waals surface area contributed by atoms with Gasteiger partial charge in [0.25, 0.3) is 5.91 Å². The van der Waals surface area contributed by atoms with Crippen LogP contribution in [0.25, 0.3) is 6.08 Å². The maximum atomic E-state index is 12.9. The number of nitriles is 1. The van der Waals surface area contributed by atoms with Crippen molar-refractivity contribution in [3.8, 4) is 17.6 Å². The average molecular weight is 549 g/mol. The van der Waals surface area contributed by atoms with E-state index >= 15 is 0 Å². The zero-order chi connectivity index (χ0) is 28.6. The fraction of sp³-hybridized carbons (Fsp3) is 0.111. The minimum absolute atomic E-state index is 0.104. The molecular formula is C27H24N4O7S. The predicted octanol–water partition coefficient (Wildman–Crippen LogP) is 3.93. The van der Waals surface area contributed by atoms with Gasteiger partial charge in [0.2, 0.25) is 11.8 Å². The molecule has 39 heavy (non-hydrogen) atoms. The van der Waals surface area contributed by atoms with E-state index in [9.17, 15) is 28.1 Å². The van der Waals surface area contributed by atoms with Crippen LogP contribution in [0.5, 0.6) is 11.5 Å². The maximum Gasteiger partial charge on any atom is 0.339 e. The van der Waals surface area contributed by atoms with Crippen molar-refractivity contribution < 1.29 is 31.7 Å². The smallest absolute Gasteiger partial charge is 0.339 e. The molecule has 0 atom stereocenters. The summed E-state index contributed by atoms with van der Waals surface area (Å²) in [6, 6.07) is 17.8. The molecule has 3 rings (SSSR count). The van der Waals surface area contributed by atoms with Gasteiger partial charge in [-0.25, -0.2) is 0 Å². The highest BCUT2D eigenvalue weighted by atomic mass is 32.2. The molecule has 0 saturated carbocycles. The van der Waals surface area contributed by atoms with E-state index in [1.807, 2.05) is 6.07 Å². The van der Waals surface area contributed by atoms with Gasteiger partial charge in [-0.1, -0.05) is 6.07 Å². The van der Waals surface area contributed by atoms with E-state index in [2.05, 4.69) is 16.0 Å². The molecule has 200 valence electrons. The van der Waals surface area contributed by atoms with Crippen LogP contribution in [-0.4, -0.2) is 33.2 Å². The third-order valence-electron chi connectivity index (χ3n) is 4.99. The van der Waals surface area contributed by atoms with Crippen molar-refractivity contribution in [2.75, 3.05) is 23.1 Å². The number of ether oxygens (including phenoxy) is 1. The second-order valence-corrected chi connectivity index (χ2v) is 9.58. The lowest BCUT2D eigenvalue weighted by Crippen LogP contribution is -2.13. The van der Waals surface area contributed by atoms with E-state index in [4.69, 9.17) is 8.92 Å². The van der Waals surface area contributed by atoms with Crippen LogP contribution in [0.1, 0.15) is 19.4 Å². The molecule has 0 spiro atoms. The molecule has 0 radical (unpaired) electrons. The Hall–Kier alpha value is -5.15. The summed E-state index contributed by atoms with van der Waals surface area (Å²) in [5.74, 6) is -1.30. The third-order valence-corrected chi connectivity index (χ3v) is 6.24. The number of carbonyl (C=O) groups is 3. The molecule has 0 bridgehead atoms. The lowest BCUT2D eigenvalue weighted by molar-refractivity contribution is -0.115. The fourth-order valence-electron chi connectivity index (χ4n) is 3.28. The molecule has 3 amide bonds. The number of amides is 3. The van der Waals surface area contributed by atoms with Crippen molar-refractivity contribution in [2.45, 2.75) is 18.7 Å². The highest BCUT2D eigenvalue weighted by Gasteiger charge is 2.20. The van der Waals surface area contributed by atoms with Crippen LogP contribution in [0, 0.1) is 11.3 Å². The van der Waals surface area contributed by atoms with Gasteiger partial charge >= 0.3 is 10.1 Å². The lowest BCUT2D eigenvalue weighted by atomic mass is 10.1. The van der Waals surface area contributed by atoms with E-state index in [-0.39, 0.29) is 33.8 Å². The number of hydrogen-bond donors (Lipinski definition) is 3. The van der Waals surface area contributed by atoms with Gasteiger partial charge in [-0.05, 0) is 72.3 Å². The van der Waals surface area contributed by atoms with E-state index in [0.29, 0.717) is 22.6 Å². The van der Waals surface area contributed by atoms with Crippen molar-refractivity contribution in [1.29, 1.82) is 5.26 Å². The Balaban J connectivity index is 1.82. The molecule has 0 saturated heterocycles. The first kappa shape index (κ1) is 28.4. The van der Waals surface area contributed by atoms with E-state index in [1.165, 1.54) is 69.5 Å². The van der Waals surface area contributed by atoms with Crippen LogP contribution in [0.4, 0.5) is 17.1 Å². The normalized spacial score (nSPS) is 11.1. The van der Waals surface area contributed by atoms with Gasteiger partial charge in [-0.3, -0.25) is 14.4 Å². The first-order valence-corrected chi connectivity index (χ1v) is 12.7. The van der Waals surface area contributed by atoms with Crippen LogP contribution >= 0.6 is 0 Å². The molecule has 0 heterocycles. The second-order valence-electron chi connectivity index (χ2n) is 8.04. The Labute approximate surface area is 225 Å². The second kappa shape index (κ2) is 12.4. The topological polar surface area (TPSA) is 164 Å². The van der Waals surface area contributed by atoms with Gasteiger partial charge in [0.1, 0.15) is 16.5 Å². The standard InChI is InChI=1S/C27H24N4O7S/c1-17(32)29-21-5-7-23(8-6-21)31-27(34)20(16-28)14-19-4-13-25(37-3)26(15-19)38-39(35,36)24-11-9-22(10-12-24)30-18(2)33/h4-15H,1-3H3,(H,29,32)(H,30,33)(H,31,34)/b20-14+. The van der Waals surface area contributed by atoms with Crippen LogP contribution in [0.2, 0.25) is 0 Å². The highest BCUT2D eigenvalue weighted by molar-refractivity contribution is 7.87. The van der Waals surface area contributed by atoms with Crippen LogP contribution in [0.15, 0.2) is 77.2 Å². The number of carbonyl (C=O) groups excluding carboxylic acids is 3. The third kappa shape index (κ3) is 7.91. The Kier molecular flexibility index (Phi) is 9.03. The van der Waals surface area contributed by atoms with E-state index in [0.717, 1.165) is 0 Å². The number of nitrogens with one attached hydrogen (secondary N) is 3. The lowest BCUT2D eigenvalue weighted by Gasteiger charge is -2.12. The van der Waals surface area contributed by atoms with Crippen molar-refractivity contribution >= 4 is 51.0 Å². The Morgan fingerprint density at radius 1 is 0.795 bits per heavy atom. The summed E-state index contributed by atoms with van der Waals surface area (Å²) < 4.78 is 36.2. The zero-order valence-corrected chi connectivity index (χ0v) is 22.0. The summed E-state index contributed by atoms with van der Waals surface area (Å²) >= 11 is 0. The van der Waals surface area contributed by atoms with Gasteiger partial charge in [-0.15, -0.1) is 0 Å². The number of methoxy groups -OCH3 is 1. The Morgan fingerprint density at radius 3 is 1.79 bits per heavy atom. The molecule has 0 aliphatic carbocycles. The Morgan fingerprint density at radius 2 is 1.31 bits per heavy atom. The molecule has 11 nitrogen and oxygen atoms in total. The largest absolute Gasteiger partial charge is 0.493 e. The van der Waals surface area contributed by atoms with Crippen LogP contribution < -0.4 is 24.9 Å². The molecule has 12 heteroatoms. The molecular weight excluding hydrogens is 524 g/mol. The summed E-state index contributed by atoms with van der Waals surface area (Å²) in [5.41, 5.74) is 1.39. The van der Waals surface area contributed by atoms with Gasteiger partial charge in [0.05, 0.1) is 7.11 Å². The molecule has 0 aliphatic heterocycles. The van der Waals surface area contributed by atoms with Gasteiger partial charge in [-0.2, -0.15) is 13.7 Å². The SMILES string of the molecule is COc1ccc(/C=C(\C#N)C(=O)Nc2ccc(NC(C)=O)cc2)cc1OS(=O)(=O)c1ccc(NC(C)=O)cc1. The summed E-state index contributed by atoms with van der Waals surface area (Å²) in [6.45, 7) is 2.70. The predicted molar refractivity (Wildman–Crippen MR) is 145 cm³/mol. The number of anilines is 3. The van der Waals surface area contributed by atoms with Crippen molar-refractivity contribution in [3.63, 3.8) is 0 Å². The highest BCUT2D eigenvalue weighted by Crippen LogP contribution is 2.32. The monoisotopic (exact) mass is 548 g/mol. The quantitative estimate of drug-likeness (QED) is 0.206. The minimum Gasteiger partial charge on any atom is -0.493 e. The summed E-state index contributed by atoms with van der Waals surface area (Å²) in [4.78, 5) is 34.8. The molecule has 0 aromatic heterocycles. The Bertz CT molecular complexity index is 1570. The molecule has 0 fully saturated rings. The fourth-order valence-corrected chi connectivity index (χ4v) is 4.21. The summed E-state index contributed by atoms with van der Waals surface area (Å²) in [5, 5.41) is 17.3. The van der Waals surface area contributed by atoms with Crippen molar-refractivity contribution in [3.05, 3.63) is 77.9 Å². The van der Waals surface area contributed by atoms with Crippen molar-refractivity contribution in [1.82, 2.24) is 0 Å². The number of rotatable bonds is 9. The number of hydrogen-bond acceptors (Lipinski definition) is 8. The van der Waals surface area contributed by atoms with Crippen molar-refractivity contribution in [2.24, 2.45) is 0 Å². The number of nitrogens with zero attached hydrogens (tertiary/aromatic N) is 1. The maximum absolute atomic E-state index is 12.9. The molecule has 3 N–H and O–H groups in total. The molecule has 0 aliphatic rings. The number of benzene rings is 3. The first-order chi connectivity index (χ1) is 18.5. The average Bonchev–Trinajstić information content (AvgIpc) is 2.88. The minimum atomic E-state index is -4.29. The van der Waals surface area contributed by atoms with Crippen LogP contribution in [0.3, 0.4) is 0 Å². The molecule has 3 aromatic rings. The van der Waals surface area contributed by atoms with Gasteiger partial charge in [0.15, 0.2) is 11.5 Å².